The van der Waals surface area contributed by atoms with Gasteiger partial charge >= 0.3 is 0 Å². The van der Waals surface area contributed by atoms with Gasteiger partial charge in [-0.3, -0.25) is 9.59 Å². The smallest absolute Gasteiger partial charge is 0.260 e. The van der Waals surface area contributed by atoms with E-state index in [4.69, 9.17) is 27.9 Å². The Kier molecular flexibility index (Phi) is 5.44. The van der Waals surface area contributed by atoms with Crippen LogP contribution in [0.3, 0.4) is 0 Å². The van der Waals surface area contributed by atoms with Gasteiger partial charge in [-0.2, -0.15) is 0 Å². The monoisotopic (exact) mass is 391 g/mol. The van der Waals surface area contributed by atoms with E-state index >= 15 is 0 Å². The zero-order valence-corrected chi connectivity index (χ0v) is 15.3. The van der Waals surface area contributed by atoms with Crippen LogP contribution in [0.25, 0.3) is 10.9 Å². The number of para-hydroxylation sites is 1. The second-order valence-corrected chi connectivity index (χ2v) is 6.49. The molecule has 0 saturated heterocycles. The van der Waals surface area contributed by atoms with Crippen molar-refractivity contribution < 1.29 is 9.53 Å². The van der Waals surface area contributed by atoms with E-state index in [1.54, 1.807) is 43.4 Å². The van der Waals surface area contributed by atoms with Gasteiger partial charge in [-0.1, -0.05) is 35.3 Å². The molecule has 0 aliphatic carbocycles. The van der Waals surface area contributed by atoms with Crippen molar-refractivity contribution in [1.82, 2.24) is 14.9 Å². The molecule has 0 fully saturated rings. The van der Waals surface area contributed by atoms with E-state index in [2.05, 4.69) is 9.97 Å². The molecule has 8 heteroatoms. The Morgan fingerprint density at radius 3 is 2.77 bits per heavy atom. The molecule has 1 heterocycles. The van der Waals surface area contributed by atoms with Crippen molar-refractivity contribution in [2.45, 2.75) is 6.54 Å². The third kappa shape index (κ3) is 4.15. The van der Waals surface area contributed by atoms with E-state index in [9.17, 15) is 9.59 Å². The molecule has 1 amide bonds. The van der Waals surface area contributed by atoms with Gasteiger partial charge in [0, 0.05) is 12.1 Å². The SMILES string of the molecule is CN(Cc1nc2ccccc2c(=O)[nH]1)C(=O)COc1ccc(Cl)cc1Cl. The minimum atomic E-state index is -0.285. The van der Waals surface area contributed by atoms with Crippen LogP contribution >= 0.6 is 23.2 Å². The highest BCUT2D eigenvalue weighted by molar-refractivity contribution is 6.35. The summed E-state index contributed by atoms with van der Waals surface area (Å²) in [6.07, 6.45) is 0. The number of aromatic amines is 1. The second-order valence-electron chi connectivity index (χ2n) is 5.64. The van der Waals surface area contributed by atoms with E-state index in [-0.39, 0.29) is 24.6 Å². The maximum absolute atomic E-state index is 12.3. The molecule has 0 bridgehead atoms. The van der Waals surface area contributed by atoms with Crippen LogP contribution in [0.1, 0.15) is 5.82 Å². The lowest BCUT2D eigenvalue weighted by atomic mass is 10.2. The first-order chi connectivity index (χ1) is 12.4. The van der Waals surface area contributed by atoms with Crippen molar-refractivity contribution >= 4 is 40.0 Å². The standard InChI is InChI=1S/C18H15Cl2N3O3/c1-23(17(24)10-26-15-7-6-11(19)8-13(15)20)9-16-21-14-5-3-2-4-12(14)18(25)22-16/h2-8H,9-10H2,1H3,(H,21,22,25). The fraction of sp³-hybridized carbons (Fsp3) is 0.167. The lowest BCUT2D eigenvalue weighted by Crippen LogP contribution is -2.32. The predicted molar refractivity (Wildman–Crippen MR) is 101 cm³/mol. The summed E-state index contributed by atoms with van der Waals surface area (Å²) < 4.78 is 5.43. The number of H-pyrrole nitrogens is 1. The molecule has 1 aromatic heterocycles. The number of hydrogen-bond donors (Lipinski definition) is 1. The van der Waals surface area contributed by atoms with Crippen LogP contribution in [0.4, 0.5) is 0 Å². The van der Waals surface area contributed by atoms with Gasteiger partial charge < -0.3 is 14.6 Å². The molecule has 0 radical (unpaired) electrons. The fourth-order valence-electron chi connectivity index (χ4n) is 2.36. The number of nitrogens with one attached hydrogen (secondary N) is 1. The van der Waals surface area contributed by atoms with Gasteiger partial charge in [-0.15, -0.1) is 0 Å². The van der Waals surface area contributed by atoms with Crippen LogP contribution in [-0.4, -0.2) is 34.4 Å². The molecule has 3 rings (SSSR count). The summed E-state index contributed by atoms with van der Waals surface area (Å²) in [5, 5.41) is 1.32. The van der Waals surface area contributed by atoms with Gasteiger partial charge in [0.2, 0.25) is 0 Å². The van der Waals surface area contributed by atoms with E-state index < -0.39 is 0 Å². The average Bonchev–Trinajstić information content (AvgIpc) is 2.60. The number of hydrogen-bond acceptors (Lipinski definition) is 4. The molecule has 0 unspecified atom stereocenters. The Bertz CT molecular complexity index is 1020. The molecule has 0 atom stereocenters. The van der Waals surface area contributed by atoms with E-state index in [1.165, 1.54) is 11.0 Å². The zero-order chi connectivity index (χ0) is 18.7. The van der Waals surface area contributed by atoms with Gasteiger partial charge in [0.05, 0.1) is 22.5 Å². The molecule has 0 saturated carbocycles. The lowest BCUT2D eigenvalue weighted by Gasteiger charge is -2.17. The molecule has 1 N–H and O–H groups in total. The minimum Gasteiger partial charge on any atom is -0.482 e. The number of rotatable bonds is 5. The van der Waals surface area contributed by atoms with Crippen LogP contribution in [0, 0.1) is 0 Å². The Balaban J connectivity index is 1.66. The number of ether oxygens (including phenoxy) is 1. The van der Waals surface area contributed by atoms with Crippen LogP contribution in [0.15, 0.2) is 47.3 Å². The number of carbonyl (C=O) groups excluding carboxylic acids is 1. The number of benzene rings is 2. The first-order valence-electron chi connectivity index (χ1n) is 7.74. The molecule has 0 spiro atoms. The van der Waals surface area contributed by atoms with Gasteiger partial charge in [-0.05, 0) is 30.3 Å². The number of halogens is 2. The van der Waals surface area contributed by atoms with E-state index in [0.717, 1.165) is 0 Å². The summed E-state index contributed by atoms with van der Waals surface area (Å²) in [5.74, 6) is 0.482. The molecule has 3 aromatic rings. The van der Waals surface area contributed by atoms with Gasteiger partial charge in [-0.25, -0.2) is 4.98 Å². The van der Waals surface area contributed by atoms with Gasteiger partial charge in [0.1, 0.15) is 11.6 Å². The first kappa shape index (κ1) is 18.2. The molecule has 26 heavy (non-hydrogen) atoms. The summed E-state index contributed by atoms with van der Waals surface area (Å²) in [6.45, 7) is -0.0493. The van der Waals surface area contributed by atoms with Crippen molar-refractivity contribution in [2.24, 2.45) is 0 Å². The average molecular weight is 392 g/mol. The molecular formula is C18H15Cl2N3O3. The van der Waals surface area contributed by atoms with E-state index in [0.29, 0.717) is 32.5 Å². The van der Waals surface area contributed by atoms with Crippen LogP contribution < -0.4 is 10.3 Å². The maximum atomic E-state index is 12.3. The zero-order valence-electron chi connectivity index (χ0n) is 13.8. The third-order valence-electron chi connectivity index (χ3n) is 3.72. The van der Waals surface area contributed by atoms with Crippen LogP contribution in [-0.2, 0) is 11.3 Å². The Labute approximate surface area is 159 Å². The van der Waals surface area contributed by atoms with Crippen molar-refractivity contribution in [3.8, 4) is 5.75 Å². The van der Waals surface area contributed by atoms with Gasteiger partial charge in [0.25, 0.3) is 11.5 Å². The Hall–Kier alpha value is -2.57. The number of carbonyl (C=O) groups is 1. The highest BCUT2D eigenvalue weighted by Gasteiger charge is 2.13. The number of nitrogens with zero attached hydrogens (tertiary/aromatic N) is 2. The number of likely N-dealkylation sites (N-methyl/N-ethyl adjacent to an activating group) is 1. The number of aromatic nitrogens is 2. The van der Waals surface area contributed by atoms with Crippen LogP contribution in [0.2, 0.25) is 10.0 Å². The van der Waals surface area contributed by atoms with Crippen molar-refractivity contribution in [3.63, 3.8) is 0 Å². The lowest BCUT2D eigenvalue weighted by molar-refractivity contribution is -0.132. The van der Waals surface area contributed by atoms with Crippen LogP contribution in [0.5, 0.6) is 5.75 Å². The topological polar surface area (TPSA) is 75.3 Å². The maximum Gasteiger partial charge on any atom is 0.260 e. The largest absolute Gasteiger partial charge is 0.482 e. The highest BCUT2D eigenvalue weighted by atomic mass is 35.5. The highest BCUT2D eigenvalue weighted by Crippen LogP contribution is 2.27. The molecule has 6 nitrogen and oxygen atoms in total. The summed E-state index contributed by atoms with van der Waals surface area (Å²) in [5.41, 5.74) is 0.340. The molecule has 2 aromatic carbocycles. The molecule has 0 aliphatic rings. The number of amides is 1. The second kappa shape index (κ2) is 7.76. The number of fused-ring (bicyclic) bond motifs is 1. The van der Waals surface area contributed by atoms with E-state index in [1.807, 2.05) is 0 Å². The fourth-order valence-corrected chi connectivity index (χ4v) is 2.83. The third-order valence-corrected chi connectivity index (χ3v) is 4.25. The summed E-state index contributed by atoms with van der Waals surface area (Å²) >= 11 is 11.8. The van der Waals surface area contributed by atoms with Gasteiger partial charge in [0.15, 0.2) is 6.61 Å². The Morgan fingerprint density at radius 1 is 1.23 bits per heavy atom. The molecular weight excluding hydrogens is 377 g/mol. The molecule has 134 valence electrons. The van der Waals surface area contributed by atoms with Crippen molar-refractivity contribution in [3.05, 3.63) is 68.7 Å². The normalized spacial score (nSPS) is 10.7. The first-order valence-corrected chi connectivity index (χ1v) is 8.49. The van der Waals surface area contributed by atoms with Crippen molar-refractivity contribution in [2.75, 3.05) is 13.7 Å². The van der Waals surface area contributed by atoms with Crippen molar-refractivity contribution in [1.29, 1.82) is 0 Å². The summed E-state index contributed by atoms with van der Waals surface area (Å²) in [6, 6.07) is 11.8. The quantitative estimate of drug-likeness (QED) is 0.723. The Morgan fingerprint density at radius 2 is 2.00 bits per heavy atom. The summed E-state index contributed by atoms with van der Waals surface area (Å²) in [4.78, 5) is 32.8. The summed E-state index contributed by atoms with van der Waals surface area (Å²) in [7, 11) is 1.60. The molecule has 0 aliphatic heterocycles. The minimum absolute atomic E-state index is 0.149. The predicted octanol–water partition coefficient (Wildman–Crippen LogP) is 3.27.